The number of fused-ring (bicyclic) bond motifs is 2. The Kier molecular flexibility index (Phi) is 4.47. The molecule has 5 nitrogen and oxygen atoms in total. The van der Waals surface area contributed by atoms with E-state index in [2.05, 4.69) is 37.9 Å². The second-order valence-corrected chi connectivity index (χ2v) is 8.91. The quantitative estimate of drug-likeness (QED) is 0.394. The normalized spacial score (nSPS) is 17.1. The third-order valence-corrected chi connectivity index (χ3v) is 6.66. The average molecular weight is 485 g/mol. The first-order valence-electron chi connectivity index (χ1n) is 10.4. The van der Waals surface area contributed by atoms with Crippen LogP contribution in [0.1, 0.15) is 24.6 Å². The second-order valence-electron chi connectivity index (χ2n) is 8.06. The summed E-state index contributed by atoms with van der Waals surface area (Å²) in [5.74, 6) is 0.161. The van der Waals surface area contributed by atoms with E-state index in [4.69, 9.17) is 9.72 Å². The zero-order chi connectivity index (χ0) is 21.1. The largest absolute Gasteiger partial charge is 0.378 e. The van der Waals surface area contributed by atoms with Crippen molar-refractivity contribution in [3.63, 3.8) is 0 Å². The molecule has 1 aliphatic carbocycles. The summed E-state index contributed by atoms with van der Waals surface area (Å²) in [6, 6.07) is 8.19. The number of hydrogen-bond donors (Lipinski definition) is 0. The standard InChI is InChI=1S/C23H19BrF2N4O/c24-15-11-14(29-7-9-31-10-8-29)12-19-21(15)28-23(13-1-2-13)30(19)18-5-6-27-22-17(26)4-3-16(25)20(18)22/h3-6,11-13H,1-2,7-10H2. The molecule has 1 saturated carbocycles. The maximum absolute atomic E-state index is 14.9. The van der Waals surface area contributed by atoms with Crippen LogP contribution in [0.2, 0.25) is 0 Å². The first kappa shape index (κ1) is 19.1. The number of morpholine rings is 1. The van der Waals surface area contributed by atoms with Gasteiger partial charge in [0, 0.05) is 35.4 Å². The Morgan fingerprint density at radius 2 is 1.77 bits per heavy atom. The summed E-state index contributed by atoms with van der Waals surface area (Å²) >= 11 is 3.70. The molecule has 158 valence electrons. The zero-order valence-corrected chi connectivity index (χ0v) is 18.2. The number of anilines is 1. The van der Waals surface area contributed by atoms with E-state index in [-0.39, 0.29) is 10.9 Å². The van der Waals surface area contributed by atoms with Gasteiger partial charge in [-0.3, -0.25) is 9.55 Å². The van der Waals surface area contributed by atoms with Gasteiger partial charge >= 0.3 is 0 Å². The molecule has 4 aromatic rings. The van der Waals surface area contributed by atoms with Crippen molar-refractivity contribution in [2.75, 3.05) is 31.2 Å². The Balaban J connectivity index is 1.66. The first-order chi connectivity index (χ1) is 15.1. The highest BCUT2D eigenvalue weighted by atomic mass is 79.9. The van der Waals surface area contributed by atoms with Gasteiger partial charge in [-0.05, 0) is 59.1 Å². The fraction of sp³-hybridized carbons (Fsp3) is 0.304. The fourth-order valence-corrected chi connectivity index (χ4v) is 4.90. The monoisotopic (exact) mass is 484 g/mol. The van der Waals surface area contributed by atoms with Crippen LogP contribution in [0.4, 0.5) is 14.5 Å². The molecule has 31 heavy (non-hydrogen) atoms. The summed E-state index contributed by atoms with van der Waals surface area (Å²) in [6.45, 7) is 2.97. The highest BCUT2D eigenvalue weighted by Crippen LogP contribution is 2.44. The predicted molar refractivity (Wildman–Crippen MR) is 119 cm³/mol. The highest BCUT2D eigenvalue weighted by Gasteiger charge is 2.32. The molecule has 2 aromatic carbocycles. The van der Waals surface area contributed by atoms with Crippen LogP contribution in [0.15, 0.2) is 41.0 Å². The molecule has 0 bridgehead atoms. The smallest absolute Gasteiger partial charge is 0.149 e. The van der Waals surface area contributed by atoms with Gasteiger partial charge < -0.3 is 9.64 Å². The van der Waals surface area contributed by atoms with Crippen molar-refractivity contribution in [2.45, 2.75) is 18.8 Å². The summed E-state index contributed by atoms with van der Waals surface area (Å²) in [5, 5.41) is 0.177. The van der Waals surface area contributed by atoms with E-state index >= 15 is 0 Å². The number of hydrogen-bond acceptors (Lipinski definition) is 4. The molecular weight excluding hydrogens is 466 g/mol. The third-order valence-electron chi connectivity index (χ3n) is 6.05. The van der Waals surface area contributed by atoms with Crippen LogP contribution in [0.3, 0.4) is 0 Å². The van der Waals surface area contributed by atoms with Gasteiger partial charge in [0.2, 0.25) is 0 Å². The minimum atomic E-state index is -0.536. The lowest BCUT2D eigenvalue weighted by molar-refractivity contribution is 0.122. The van der Waals surface area contributed by atoms with Gasteiger partial charge in [0.15, 0.2) is 0 Å². The number of nitrogens with zero attached hydrogens (tertiary/aromatic N) is 4. The van der Waals surface area contributed by atoms with Gasteiger partial charge in [-0.15, -0.1) is 0 Å². The van der Waals surface area contributed by atoms with Gasteiger partial charge in [0.05, 0.1) is 29.8 Å². The SMILES string of the molecule is Fc1ccc(F)c2c(-n3c(C4CC4)nc4c(Br)cc(N5CCOCC5)cc43)ccnc12. The van der Waals surface area contributed by atoms with Gasteiger partial charge in [-0.25, -0.2) is 13.8 Å². The maximum Gasteiger partial charge on any atom is 0.149 e. The Morgan fingerprint density at radius 1 is 1.00 bits per heavy atom. The molecule has 3 heterocycles. The lowest BCUT2D eigenvalue weighted by Crippen LogP contribution is -2.36. The van der Waals surface area contributed by atoms with Crippen molar-refractivity contribution in [2.24, 2.45) is 0 Å². The highest BCUT2D eigenvalue weighted by molar-refractivity contribution is 9.10. The van der Waals surface area contributed by atoms with Gasteiger partial charge in [-0.2, -0.15) is 0 Å². The van der Waals surface area contributed by atoms with E-state index in [1.807, 2.05) is 4.57 Å². The van der Waals surface area contributed by atoms with E-state index in [9.17, 15) is 8.78 Å². The maximum atomic E-state index is 14.9. The van der Waals surface area contributed by atoms with E-state index in [0.717, 1.165) is 65.1 Å². The Morgan fingerprint density at radius 3 is 2.55 bits per heavy atom. The molecule has 0 amide bonds. The predicted octanol–water partition coefficient (Wildman–Crippen LogP) is 5.33. The molecule has 0 unspecified atom stereocenters. The van der Waals surface area contributed by atoms with Crippen LogP contribution in [0, 0.1) is 11.6 Å². The van der Waals surface area contributed by atoms with Crippen molar-refractivity contribution in [3.05, 3.63) is 58.5 Å². The summed E-state index contributed by atoms with van der Waals surface area (Å²) in [4.78, 5) is 11.3. The molecule has 0 radical (unpaired) electrons. The summed E-state index contributed by atoms with van der Waals surface area (Å²) < 4.78 is 37.8. The van der Waals surface area contributed by atoms with Crippen molar-refractivity contribution >= 4 is 43.6 Å². The molecule has 0 spiro atoms. The van der Waals surface area contributed by atoms with E-state index in [1.54, 1.807) is 6.07 Å². The third kappa shape index (κ3) is 3.11. The topological polar surface area (TPSA) is 43.2 Å². The fourth-order valence-electron chi connectivity index (χ4n) is 4.38. The lowest BCUT2D eigenvalue weighted by atomic mass is 10.1. The number of rotatable bonds is 3. The zero-order valence-electron chi connectivity index (χ0n) is 16.6. The Hall–Kier alpha value is -2.58. The second kappa shape index (κ2) is 7.24. The summed E-state index contributed by atoms with van der Waals surface area (Å²) in [6.07, 6.45) is 3.61. The molecule has 6 rings (SSSR count). The summed E-state index contributed by atoms with van der Waals surface area (Å²) in [5.41, 5.74) is 3.34. The molecule has 1 saturated heterocycles. The van der Waals surface area contributed by atoms with Gasteiger partial charge in [-0.1, -0.05) is 0 Å². The van der Waals surface area contributed by atoms with Crippen LogP contribution in [0.25, 0.3) is 27.6 Å². The molecule has 8 heteroatoms. The van der Waals surface area contributed by atoms with Crippen LogP contribution in [-0.2, 0) is 4.74 Å². The number of imidazole rings is 1. The summed E-state index contributed by atoms with van der Waals surface area (Å²) in [7, 11) is 0. The number of benzene rings is 2. The number of ether oxygens (including phenoxy) is 1. The Labute approximate surface area is 185 Å². The number of halogens is 3. The molecule has 2 aliphatic rings. The molecule has 0 atom stereocenters. The number of aromatic nitrogens is 3. The first-order valence-corrected chi connectivity index (χ1v) is 11.2. The molecule has 0 N–H and O–H groups in total. The lowest BCUT2D eigenvalue weighted by Gasteiger charge is -2.29. The molecule has 2 fully saturated rings. The minimum absolute atomic E-state index is 0.0319. The van der Waals surface area contributed by atoms with Gasteiger partial charge in [0.1, 0.15) is 28.5 Å². The van der Waals surface area contributed by atoms with Crippen LogP contribution < -0.4 is 4.90 Å². The van der Waals surface area contributed by atoms with Crippen LogP contribution in [-0.4, -0.2) is 40.8 Å². The van der Waals surface area contributed by atoms with Crippen LogP contribution >= 0.6 is 15.9 Å². The van der Waals surface area contributed by atoms with E-state index in [1.165, 1.54) is 6.20 Å². The number of pyridine rings is 1. The van der Waals surface area contributed by atoms with Crippen LogP contribution in [0.5, 0.6) is 0 Å². The van der Waals surface area contributed by atoms with E-state index < -0.39 is 11.6 Å². The van der Waals surface area contributed by atoms with Crippen molar-refractivity contribution in [1.82, 2.24) is 14.5 Å². The molecule has 1 aliphatic heterocycles. The molecule has 2 aromatic heterocycles. The van der Waals surface area contributed by atoms with Crippen molar-refractivity contribution < 1.29 is 13.5 Å². The minimum Gasteiger partial charge on any atom is -0.378 e. The average Bonchev–Trinajstić information content (AvgIpc) is 3.57. The van der Waals surface area contributed by atoms with Crippen molar-refractivity contribution in [3.8, 4) is 5.69 Å². The van der Waals surface area contributed by atoms with Crippen molar-refractivity contribution in [1.29, 1.82) is 0 Å². The van der Waals surface area contributed by atoms with Gasteiger partial charge in [0.25, 0.3) is 0 Å². The Bertz CT molecular complexity index is 1330. The molecular formula is C23H19BrF2N4O. The van der Waals surface area contributed by atoms with E-state index in [0.29, 0.717) is 24.8 Å².